The molecule has 0 aromatic heterocycles. The Morgan fingerprint density at radius 3 is 2.59 bits per heavy atom. The molecule has 0 unspecified atom stereocenters. The van der Waals surface area contributed by atoms with E-state index in [1.165, 1.54) is 13.2 Å². The van der Waals surface area contributed by atoms with E-state index in [2.05, 4.69) is 10.1 Å². The van der Waals surface area contributed by atoms with Crippen LogP contribution in [0.2, 0.25) is 0 Å². The van der Waals surface area contributed by atoms with E-state index in [9.17, 15) is 13.6 Å². The Bertz CT molecular complexity index is 959. The van der Waals surface area contributed by atoms with Crippen LogP contribution in [-0.4, -0.2) is 33.0 Å². The molecule has 0 radical (unpaired) electrons. The number of hydrogen-bond donors (Lipinski definition) is 1. The number of benzene rings is 2. The topological polar surface area (TPSA) is 66.0 Å². The van der Waals surface area contributed by atoms with Gasteiger partial charge in [-0.15, -0.1) is 0 Å². The van der Waals surface area contributed by atoms with E-state index in [0.717, 1.165) is 43.2 Å². The van der Waals surface area contributed by atoms with Gasteiger partial charge in [0.1, 0.15) is 0 Å². The summed E-state index contributed by atoms with van der Waals surface area (Å²) < 4.78 is 45.9. The first-order valence-electron chi connectivity index (χ1n) is 10.8. The van der Waals surface area contributed by atoms with E-state index in [1.54, 1.807) is 12.1 Å². The zero-order valence-electron chi connectivity index (χ0n) is 18.0. The van der Waals surface area contributed by atoms with E-state index < -0.39 is 12.0 Å². The number of carbonyl (C=O) groups is 1. The molecule has 172 valence electrons. The molecule has 1 saturated carbocycles. The van der Waals surface area contributed by atoms with Crippen LogP contribution in [0.1, 0.15) is 43.2 Å². The molecule has 1 N–H and O–H groups in total. The summed E-state index contributed by atoms with van der Waals surface area (Å²) in [5, 5.41) is 3.07. The molecule has 2 aromatic carbocycles. The van der Waals surface area contributed by atoms with Gasteiger partial charge in [0.25, 0.3) is 0 Å². The lowest BCUT2D eigenvalue weighted by Gasteiger charge is -2.36. The zero-order chi connectivity index (χ0) is 22.6. The Labute approximate surface area is 185 Å². The van der Waals surface area contributed by atoms with Gasteiger partial charge in [-0.25, -0.2) is 0 Å². The van der Waals surface area contributed by atoms with E-state index in [-0.39, 0.29) is 24.2 Å². The van der Waals surface area contributed by atoms with Crippen molar-refractivity contribution in [3.05, 3.63) is 47.5 Å². The Morgan fingerprint density at radius 1 is 1.06 bits per heavy atom. The van der Waals surface area contributed by atoms with Crippen molar-refractivity contribution in [1.82, 2.24) is 5.32 Å². The van der Waals surface area contributed by atoms with Crippen molar-refractivity contribution in [3.8, 4) is 23.0 Å². The van der Waals surface area contributed by atoms with E-state index >= 15 is 0 Å². The third kappa shape index (κ3) is 4.59. The van der Waals surface area contributed by atoms with Gasteiger partial charge in [0.2, 0.25) is 12.7 Å². The number of ether oxygens (including phenoxy) is 4. The Balaban J connectivity index is 1.46. The average Bonchev–Trinajstić information content (AvgIpc) is 3.27. The van der Waals surface area contributed by atoms with Crippen LogP contribution in [0.25, 0.3) is 0 Å². The number of alkyl halides is 2. The minimum Gasteiger partial charge on any atom is -0.493 e. The highest BCUT2D eigenvalue weighted by Gasteiger charge is 2.41. The molecule has 1 aliphatic heterocycles. The van der Waals surface area contributed by atoms with Crippen LogP contribution < -0.4 is 24.3 Å². The second kappa shape index (κ2) is 9.63. The van der Waals surface area contributed by atoms with Crippen LogP contribution >= 0.6 is 0 Å². The molecule has 32 heavy (non-hydrogen) atoms. The van der Waals surface area contributed by atoms with Gasteiger partial charge in [-0.05, 0) is 54.7 Å². The van der Waals surface area contributed by atoms with Crippen LogP contribution in [0.3, 0.4) is 0 Å². The molecule has 1 fully saturated rings. The molecule has 4 rings (SSSR count). The first-order chi connectivity index (χ1) is 15.5. The summed E-state index contributed by atoms with van der Waals surface area (Å²) in [5.41, 5.74) is 1.10. The molecular weight excluding hydrogens is 420 g/mol. The molecule has 1 heterocycles. The van der Waals surface area contributed by atoms with Crippen LogP contribution in [-0.2, 0) is 16.6 Å². The number of amides is 1. The van der Waals surface area contributed by atoms with Gasteiger partial charge in [0.05, 0.1) is 12.5 Å². The molecule has 8 heteroatoms. The Hall–Kier alpha value is -3.03. The molecule has 1 amide bonds. The van der Waals surface area contributed by atoms with Crippen LogP contribution in [0.15, 0.2) is 36.4 Å². The molecule has 0 bridgehead atoms. The van der Waals surface area contributed by atoms with Crippen molar-refractivity contribution in [2.75, 3.05) is 20.4 Å². The summed E-state index contributed by atoms with van der Waals surface area (Å²) >= 11 is 0. The van der Waals surface area contributed by atoms with Crippen molar-refractivity contribution in [2.24, 2.45) is 0 Å². The molecule has 2 aromatic rings. The summed E-state index contributed by atoms with van der Waals surface area (Å²) in [7, 11) is 1.40. The standard InChI is InChI=1S/C24H27F2NO5/c1-29-18-7-5-16(13-21(18)32-23(25)26)9-12-27-22(28)24(10-3-2-4-11-24)17-6-8-19-20(14-17)31-15-30-19/h5-8,13-14,23H,2-4,9-12,15H2,1H3,(H,27,28). The summed E-state index contributed by atoms with van der Waals surface area (Å²) in [6.45, 7) is -2.37. The maximum Gasteiger partial charge on any atom is 0.387 e. The van der Waals surface area contributed by atoms with Crippen LogP contribution in [0.4, 0.5) is 8.78 Å². The quantitative estimate of drug-likeness (QED) is 0.642. The third-order valence-electron chi connectivity index (χ3n) is 6.21. The first kappa shape index (κ1) is 22.2. The summed E-state index contributed by atoms with van der Waals surface area (Å²) in [6.07, 6.45) is 5.09. The predicted molar refractivity (Wildman–Crippen MR) is 114 cm³/mol. The monoisotopic (exact) mass is 447 g/mol. The Kier molecular flexibility index (Phi) is 6.67. The van der Waals surface area contributed by atoms with Gasteiger partial charge in [0, 0.05) is 6.54 Å². The van der Waals surface area contributed by atoms with Crippen molar-refractivity contribution in [1.29, 1.82) is 0 Å². The average molecular weight is 447 g/mol. The summed E-state index contributed by atoms with van der Waals surface area (Å²) in [5.74, 6) is 1.57. The molecule has 2 aliphatic rings. The molecule has 1 aliphatic carbocycles. The van der Waals surface area contributed by atoms with Crippen molar-refractivity contribution >= 4 is 5.91 Å². The minimum atomic E-state index is -2.94. The maximum absolute atomic E-state index is 13.4. The van der Waals surface area contributed by atoms with Gasteiger partial charge in [-0.1, -0.05) is 31.4 Å². The minimum absolute atomic E-state index is 0.0181. The number of hydrogen-bond acceptors (Lipinski definition) is 5. The summed E-state index contributed by atoms with van der Waals surface area (Å²) in [6, 6.07) is 10.6. The first-order valence-corrected chi connectivity index (χ1v) is 10.8. The second-order valence-electron chi connectivity index (χ2n) is 8.08. The number of rotatable bonds is 8. The van der Waals surface area contributed by atoms with Gasteiger partial charge in [0.15, 0.2) is 23.0 Å². The van der Waals surface area contributed by atoms with E-state index in [1.807, 2.05) is 18.2 Å². The van der Waals surface area contributed by atoms with Crippen molar-refractivity contribution in [2.45, 2.75) is 50.6 Å². The normalized spacial score (nSPS) is 16.6. The molecule has 0 spiro atoms. The predicted octanol–water partition coefficient (Wildman–Crippen LogP) is 4.59. The third-order valence-corrected chi connectivity index (χ3v) is 6.21. The fraction of sp³-hybridized carbons (Fsp3) is 0.458. The number of carbonyl (C=O) groups excluding carboxylic acids is 1. The SMILES string of the molecule is COc1ccc(CCNC(=O)C2(c3ccc4c(c3)OCO4)CCCCC2)cc1OC(F)F. The van der Waals surface area contributed by atoms with E-state index in [0.29, 0.717) is 24.5 Å². The number of methoxy groups -OCH3 is 1. The molecule has 0 saturated heterocycles. The molecule has 0 atom stereocenters. The van der Waals surface area contributed by atoms with Gasteiger partial charge < -0.3 is 24.3 Å². The summed E-state index contributed by atoms with van der Waals surface area (Å²) in [4.78, 5) is 13.4. The van der Waals surface area contributed by atoms with E-state index in [4.69, 9.17) is 14.2 Å². The lowest BCUT2D eigenvalue weighted by atomic mass is 9.68. The van der Waals surface area contributed by atoms with Crippen molar-refractivity contribution < 1.29 is 32.5 Å². The molecule has 6 nitrogen and oxygen atoms in total. The smallest absolute Gasteiger partial charge is 0.387 e. The number of nitrogens with one attached hydrogen (secondary N) is 1. The van der Waals surface area contributed by atoms with Gasteiger partial charge in [-0.2, -0.15) is 8.78 Å². The van der Waals surface area contributed by atoms with Crippen LogP contribution in [0.5, 0.6) is 23.0 Å². The van der Waals surface area contributed by atoms with Gasteiger partial charge in [-0.3, -0.25) is 4.79 Å². The highest BCUT2D eigenvalue weighted by Crippen LogP contribution is 2.43. The van der Waals surface area contributed by atoms with Crippen LogP contribution in [0, 0.1) is 0 Å². The highest BCUT2D eigenvalue weighted by molar-refractivity contribution is 5.88. The number of halogens is 2. The lowest BCUT2D eigenvalue weighted by Crippen LogP contribution is -2.46. The molecular formula is C24H27F2NO5. The van der Waals surface area contributed by atoms with Crippen molar-refractivity contribution in [3.63, 3.8) is 0 Å². The van der Waals surface area contributed by atoms with Gasteiger partial charge >= 0.3 is 6.61 Å². The largest absolute Gasteiger partial charge is 0.493 e. The Morgan fingerprint density at radius 2 is 1.84 bits per heavy atom. The fourth-order valence-corrected chi connectivity index (χ4v) is 4.55. The lowest BCUT2D eigenvalue weighted by molar-refractivity contribution is -0.128. The zero-order valence-corrected chi connectivity index (χ0v) is 18.0. The highest BCUT2D eigenvalue weighted by atomic mass is 19.3. The number of fused-ring (bicyclic) bond motifs is 1. The second-order valence-corrected chi connectivity index (χ2v) is 8.08. The maximum atomic E-state index is 13.4. The fourth-order valence-electron chi connectivity index (χ4n) is 4.55.